The molecule has 1 amide bonds. The SMILES string of the molecule is C=C1NC(=O)C(C)=CN1[C@@H]1O[C@H](CCP(=C)(C)C)[C@@H](O)C1O. The molecule has 2 rings (SSSR count). The second-order valence-electron chi connectivity index (χ2n) is 6.61. The molecule has 0 radical (unpaired) electrons. The summed E-state index contributed by atoms with van der Waals surface area (Å²) in [5, 5.41) is 23.1. The normalized spacial score (nSPS) is 33.0. The van der Waals surface area contributed by atoms with Crippen LogP contribution in [0.2, 0.25) is 0 Å². The second-order valence-corrected chi connectivity index (χ2v) is 10.9. The molecule has 1 unspecified atom stereocenters. The highest BCUT2D eigenvalue weighted by molar-refractivity contribution is 7.72. The molecule has 3 N–H and O–H groups in total. The summed E-state index contributed by atoms with van der Waals surface area (Å²) in [7, 11) is 0. The van der Waals surface area contributed by atoms with E-state index in [4.69, 9.17) is 4.74 Å². The molecule has 0 spiro atoms. The zero-order valence-electron chi connectivity index (χ0n) is 13.3. The Hall–Kier alpha value is -1.07. The molecule has 6 nitrogen and oxygen atoms in total. The van der Waals surface area contributed by atoms with Crippen molar-refractivity contribution in [2.24, 2.45) is 0 Å². The predicted octanol–water partition coefficient (Wildman–Crippen LogP) is 0.339. The van der Waals surface area contributed by atoms with Crippen molar-refractivity contribution in [3.8, 4) is 0 Å². The lowest BCUT2D eigenvalue weighted by atomic mass is 10.1. The smallest absolute Gasteiger partial charge is 0.253 e. The molecule has 0 aromatic heterocycles. The summed E-state index contributed by atoms with van der Waals surface area (Å²) in [6, 6.07) is 0. The van der Waals surface area contributed by atoms with E-state index in [1.165, 1.54) is 0 Å². The Morgan fingerprint density at radius 3 is 2.64 bits per heavy atom. The van der Waals surface area contributed by atoms with Gasteiger partial charge in [0.2, 0.25) is 0 Å². The molecule has 2 aliphatic heterocycles. The summed E-state index contributed by atoms with van der Waals surface area (Å²) >= 11 is 0. The maximum Gasteiger partial charge on any atom is 0.253 e. The van der Waals surface area contributed by atoms with Crippen LogP contribution in [-0.2, 0) is 9.53 Å². The van der Waals surface area contributed by atoms with Crippen molar-refractivity contribution >= 4 is 19.1 Å². The fourth-order valence-corrected chi connectivity index (χ4v) is 3.49. The number of hydrogen-bond donors (Lipinski definition) is 3. The maximum atomic E-state index is 11.6. The fraction of sp³-hybridized carbons (Fsp3) is 0.600. The van der Waals surface area contributed by atoms with Gasteiger partial charge >= 0.3 is 0 Å². The Labute approximate surface area is 131 Å². The number of carbonyl (C=O) groups excluding carboxylic acids is 1. The van der Waals surface area contributed by atoms with Gasteiger partial charge in [-0.05, 0) is 32.8 Å². The van der Waals surface area contributed by atoms with Gasteiger partial charge < -0.3 is 25.2 Å². The third-order valence-electron chi connectivity index (χ3n) is 3.89. The minimum absolute atomic E-state index is 0.227. The van der Waals surface area contributed by atoms with Gasteiger partial charge in [-0.1, -0.05) is 6.58 Å². The van der Waals surface area contributed by atoms with Crippen LogP contribution in [0, 0.1) is 0 Å². The van der Waals surface area contributed by atoms with Crippen LogP contribution in [0.15, 0.2) is 24.2 Å². The fourth-order valence-electron chi connectivity index (χ4n) is 2.54. The summed E-state index contributed by atoms with van der Waals surface area (Å²) in [5.74, 6) is 0.104. The number of aliphatic hydroxyl groups is 2. The zero-order chi connectivity index (χ0) is 16.7. The van der Waals surface area contributed by atoms with Gasteiger partial charge in [0.25, 0.3) is 5.91 Å². The van der Waals surface area contributed by atoms with Crippen LogP contribution in [0.3, 0.4) is 0 Å². The Morgan fingerprint density at radius 2 is 2.05 bits per heavy atom. The number of carbonyl (C=O) groups is 1. The number of nitrogens with zero attached hydrogens (tertiary/aromatic N) is 1. The highest BCUT2D eigenvalue weighted by Gasteiger charge is 2.46. The summed E-state index contributed by atoms with van der Waals surface area (Å²) in [5.41, 5.74) is 0.492. The lowest BCUT2D eigenvalue weighted by Gasteiger charge is -2.34. The van der Waals surface area contributed by atoms with Crippen LogP contribution < -0.4 is 5.32 Å². The van der Waals surface area contributed by atoms with Crippen molar-refractivity contribution in [1.82, 2.24) is 10.2 Å². The summed E-state index contributed by atoms with van der Waals surface area (Å²) in [4.78, 5) is 13.1. The molecule has 1 fully saturated rings. The third kappa shape index (κ3) is 3.63. The highest BCUT2D eigenvalue weighted by Crippen LogP contribution is 2.38. The van der Waals surface area contributed by atoms with Gasteiger partial charge in [0.15, 0.2) is 6.23 Å². The van der Waals surface area contributed by atoms with Crippen LogP contribution in [-0.4, -0.2) is 71.4 Å². The number of rotatable bonds is 4. The first-order valence-corrected chi connectivity index (χ1v) is 10.3. The summed E-state index contributed by atoms with van der Waals surface area (Å²) < 4.78 is 5.83. The van der Waals surface area contributed by atoms with Gasteiger partial charge in [-0.15, -0.1) is 13.2 Å². The van der Waals surface area contributed by atoms with E-state index in [9.17, 15) is 15.0 Å². The Bertz CT molecular complexity index is 554. The molecule has 2 aliphatic rings. The van der Waals surface area contributed by atoms with Gasteiger partial charge in [0.05, 0.1) is 6.10 Å². The second kappa shape index (κ2) is 6.20. The molecular weight excluding hydrogens is 303 g/mol. The summed E-state index contributed by atoms with van der Waals surface area (Å²) in [6.45, 7) is 8.46. The van der Waals surface area contributed by atoms with Crippen LogP contribution in [0.5, 0.6) is 0 Å². The van der Waals surface area contributed by atoms with E-state index in [-0.39, 0.29) is 5.91 Å². The molecule has 2 heterocycles. The molecule has 0 aliphatic carbocycles. The van der Waals surface area contributed by atoms with Crippen molar-refractivity contribution in [2.75, 3.05) is 19.5 Å². The van der Waals surface area contributed by atoms with E-state index in [0.717, 1.165) is 6.16 Å². The number of ether oxygens (including phenoxy) is 1. The van der Waals surface area contributed by atoms with E-state index < -0.39 is 31.4 Å². The molecular formula is C15H25N2O4P. The molecule has 22 heavy (non-hydrogen) atoms. The number of aliphatic hydroxyl groups excluding tert-OH is 2. The van der Waals surface area contributed by atoms with Gasteiger partial charge in [0.1, 0.15) is 18.0 Å². The van der Waals surface area contributed by atoms with Crippen LogP contribution in [0.4, 0.5) is 0 Å². The van der Waals surface area contributed by atoms with Crippen molar-refractivity contribution < 1.29 is 19.7 Å². The quantitative estimate of drug-likeness (QED) is 0.648. The van der Waals surface area contributed by atoms with E-state index in [1.54, 1.807) is 18.0 Å². The molecule has 0 bridgehead atoms. The van der Waals surface area contributed by atoms with Gasteiger partial charge in [-0.3, -0.25) is 4.79 Å². The lowest BCUT2D eigenvalue weighted by Crippen LogP contribution is -2.47. The van der Waals surface area contributed by atoms with E-state index in [1.807, 2.05) is 0 Å². The van der Waals surface area contributed by atoms with E-state index in [0.29, 0.717) is 17.8 Å². The third-order valence-corrected chi connectivity index (χ3v) is 5.36. The first-order chi connectivity index (χ1) is 10.1. The number of amides is 1. The van der Waals surface area contributed by atoms with Crippen molar-refractivity contribution in [3.05, 3.63) is 24.2 Å². The van der Waals surface area contributed by atoms with Gasteiger partial charge in [-0.2, -0.15) is 0 Å². The summed E-state index contributed by atoms with van der Waals surface area (Å²) in [6.07, 6.45) is 4.03. The predicted molar refractivity (Wildman–Crippen MR) is 88.9 cm³/mol. The van der Waals surface area contributed by atoms with Crippen molar-refractivity contribution in [1.29, 1.82) is 0 Å². The minimum Gasteiger partial charge on any atom is -0.388 e. The zero-order valence-corrected chi connectivity index (χ0v) is 14.2. The first kappa shape index (κ1) is 17.3. The van der Waals surface area contributed by atoms with Crippen LogP contribution in [0.25, 0.3) is 0 Å². The Kier molecular flexibility index (Phi) is 4.87. The molecule has 7 heteroatoms. The van der Waals surface area contributed by atoms with Gasteiger partial charge in [0, 0.05) is 11.8 Å². The topological polar surface area (TPSA) is 82.0 Å². The van der Waals surface area contributed by atoms with E-state index in [2.05, 4.69) is 31.5 Å². The molecule has 0 aromatic rings. The minimum atomic E-state index is -1.22. The average Bonchev–Trinajstić information content (AvgIpc) is 2.68. The van der Waals surface area contributed by atoms with Crippen LogP contribution in [0.1, 0.15) is 13.3 Å². The number of hydrogen-bond acceptors (Lipinski definition) is 5. The van der Waals surface area contributed by atoms with Crippen molar-refractivity contribution in [3.63, 3.8) is 0 Å². The monoisotopic (exact) mass is 328 g/mol. The molecule has 1 saturated heterocycles. The van der Waals surface area contributed by atoms with Crippen molar-refractivity contribution in [2.45, 2.75) is 37.9 Å². The first-order valence-electron chi connectivity index (χ1n) is 7.26. The molecule has 4 atom stereocenters. The number of nitrogens with one attached hydrogen (secondary N) is 1. The molecule has 124 valence electrons. The molecule has 0 aromatic carbocycles. The Morgan fingerprint density at radius 1 is 1.41 bits per heavy atom. The highest BCUT2D eigenvalue weighted by atomic mass is 31.2. The maximum absolute atomic E-state index is 11.6. The average molecular weight is 328 g/mol. The Balaban J connectivity index is 2.11. The van der Waals surface area contributed by atoms with E-state index >= 15 is 0 Å². The largest absolute Gasteiger partial charge is 0.388 e. The molecule has 0 saturated carbocycles. The van der Waals surface area contributed by atoms with Gasteiger partial charge in [-0.25, -0.2) is 0 Å². The van der Waals surface area contributed by atoms with Crippen LogP contribution >= 0.6 is 6.89 Å². The lowest BCUT2D eigenvalue weighted by molar-refractivity contribution is -0.119. The standard InChI is InChI=1S/C15H25N2O4P/c1-9-8-17(10(2)16-14(9)20)15-13(19)12(18)11(21-15)6-7-22(3,4)5/h8,11-13,15,18-19H,2-3,6-7H2,1,4-5H3,(H,16,20)/t11-,12-,13?,15-/m1/s1.